The molecule has 1 heterocycles. The highest BCUT2D eigenvalue weighted by atomic mass is 32.2. The van der Waals surface area contributed by atoms with E-state index in [-0.39, 0.29) is 5.91 Å². The minimum absolute atomic E-state index is 0.0606. The van der Waals surface area contributed by atoms with Crippen LogP contribution in [0.1, 0.15) is 42.0 Å². The van der Waals surface area contributed by atoms with E-state index in [0.717, 1.165) is 28.1 Å². The van der Waals surface area contributed by atoms with Crippen molar-refractivity contribution in [3.8, 4) is 0 Å². The number of hydrogen-bond donors (Lipinski definition) is 0. The Morgan fingerprint density at radius 2 is 1.91 bits per heavy atom. The van der Waals surface area contributed by atoms with E-state index in [9.17, 15) is 4.79 Å². The SMILES string of the molecule is CC(=O)N(c1nnc(SCc2c(C)cc(C)cc2C)s1)C1CC1. The molecule has 0 bridgehead atoms. The van der Waals surface area contributed by atoms with Crippen LogP contribution in [0.3, 0.4) is 0 Å². The zero-order chi connectivity index (χ0) is 16.6. The van der Waals surface area contributed by atoms with Gasteiger partial charge in [0.25, 0.3) is 0 Å². The molecular formula is C17H21N3OS2. The van der Waals surface area contributed by atoms with Crippen LogP contribution in [-0.2, 0) is 10.5 Å². The molecule has 4 nitrogen and oxygen atoms in total. The molecule has 1 fully saturated rings. The lowest BCUT2D eigenvalue weighted by atomic mass is 10.0. The molecule has 0 aliphatic heterocycles. The van der Waals surface area contributed by atoms with Crippen LogP contribution in [0.5, 0.6) is 0 Å². The van der Waals surface area contributed by atoms with Gasteiger partial charge in [-0.3, -0.25) is 9.69 Å². The number of rotatable bonds is 5. The van der Waals surface area contributed by atoms with E-state index in [1.165, 1.54) is 33.6 Å². The lowest BCUT2D eigenvalue weighted by Gasteiger charge is -2.15. The van der Waals surface area contributed by atoms with Crippen LogP contribution in [0.4, 0.5) is 5.13 Å². The summed E-state index contributed by atoms with van der Waals surface area (Å²) in [5, 5.41) is 9.22. The Morgan fingerprint density at radius 3 is 2.48 bits per heavy atom. The van der Waals surface area contributed by atoms with E-state index in [1.54, 1.807) is 23.6 Å². The Kier molecular flexibility index (Phi) is 4.73. The van der Waals surface area contributed by atoms with E-state index in [0.29, 0.717) is 6.04 Å². The van der Waals surface area contributed by atoms with Crippen molar-refractivity contribution in [3.63, 3.8) is 0 Å². The van der Waals surface area contributed by atoms with Gasteiger partial charge in [-0.05, 0) is 50.3 Å². The van der Waals surface area contributed by atoms with Gasteiger partial charge in [0.2, 0.25) is 11.0 Å². The van der Waals surface area contributed by atoms with Crippen LogP contribution in [0.15, 0.2) is 16.5 Å². The molecule has 2 aromatic rings. The number of carbonyl (C=O) groups is 1. The molecule has 0 atom stereocenters. The number of benzene rings is 1. The summed E-state index contributed by atoms with van der Waals surface area (Å²) in [5.74, 6) is 0.946. The molecule has 1 aromatic heterocycles. The van der Waals surface area contributed by atoms with Gasteiger partial charge in [-0.15, -0.1) is 10.2 Å². The highest BCUT2D eigenvalue weighted by Gasteiger charge is 2.34. The second-order valence-electron chi connectivity index (χ2n) is 6.14. The predicted molar refractivity (Wildman–Crippen MR) is 96.3 cm³/mol. The van der Waals surface area contributed by atoms with Crippen molar-refractivity contribution in [3.05, 3.63) is 34.4 Å². The quantitative estimate of drug-likeness (QED) is 0.598. The summed E-state index contributed by atoms with van der Waals surface area (Å²) in [7, 11) is 0. The second kappa shape index (κ2) is 6.61. The highest BCUT2D eigenvalue weighted by molar-refractivity contribution is 8.00. The first-order valence-electron chi connectivity index (χ1n) is 7.78. The van der Waals surface area contributed by atoms with E-state index in [1.807, 2.05) is 0 Å². The summed E-state index contributed by atoms with van der Waals surface area (Å²) in [4.78, 5) is 13.6. The topological polar surface area (TPSA) is 46.1 Å². The number of nitrogens with zero attached hydrogens (tertiary/aromatic N) is 3. The second-order valence-corrected chi connectivity index (χ2v) is 8.32. The molecular weight excluding hydrogens is 326 g/mol. The third-order valence-electron chi connectivity index (χ3n) is 4.03. The number of carbonyl (C=O) groups excluding carboxylic acids is 1. The normalized spacial score (nSPS) is 14.1. The molecule has 3 rings (SSSR count). The van der Waals surface area contributed by atoms with Crippen molar-refractivity contribution in [1.29, 1.82) is 0 Å². The van der Waals surface area contributed by atoms with Crippen molar-refractivity contribution in [2.75, 3.05) is 4.90 Å². The zero-order valence-corrected chi connectivity index (χ0v) is 15.6. The average molecular weight is 348 g/mol. The van der Waals surface area contributed by atoms with E-state index in [2.05, 4.69) is 43.1 Å². The Morgan fingerprint density at radius 1 is 1.26 bits per heavy atom. The van der Waals surface area contributed by atoms with Crippen molar-refractivity contribution in [1.82, 2.24) is 10.2 Å². The number of thioether (sulfide) groups is 1. The van der Waals surface area contributed by atoms with Gasteiger partial charge >= 0.3 is 0 Å². The molecule has 1 aliphatic rings. The van der Waals surface area contributed by atoms with Crippen LogP contribution in [0.2, 0.25) is 0 Å². The van der Waals surface area contributed by atoms with Crippen LogP contribution in [-0.4, -0.2) is 22.1 Å². The molecule has 0 radical (unpaired) electrons. The zero-order valence-electron chi connectivity index (χ0n) is 13.9. The van der Waals surface area contributed by atoms with Gasteiger partial charge in [0, 0.05) is 18.7 Å². The van der Waals surface area contributed by atoms with Gasteiger partial charge in [0.05, 0.1) is 0 Å². The van der Waals surface area contributed by atoms with E-state index in [4.69, 9.17) is 0 Å². The summed E-state index contributed by atoms with van der Waals surface area (Å²) in [6, 6.07) is 4.78. The average Bonchev–Trinajstić information content (AvgIpc) is 3.16. The van der Waals surface area contributed by atoms with Gasteiger partial charge in [0.15, 0.2) is 4.34 Å². The van der Waals surface area contributed by atoms with Crippen molar-refractivity contribution < 1.29 is 4.79 Å². The van der Waals surface area contributed by atoms with Gasteiger partial charge < -0.3 is 0 Å². The maximum Gasteiger partial charge on any atom is 0.225 e. The van der Waals surface area contributed by atoms with Crippen LogP contribution >= 0.6 is 23.1 Å². The number of hydrogen-bond acceptors (Lipinski definition) is 5. The molecule has 1 aromatic carbocycles. The Bertz CT molecular complexity index is 714. The standard InChI is InChI=1S/C17H21N3OS2/c1-10-7-11(2)15(12(3)8-10)9-22-17-19-18-16(23-17)20(13(4)21)14-5-6-14/h7-8,14H,5-6,9H2,1-4H3. The molecule has 0 N–H and O–H groups in total. The lowest BCUT2D eigenvalue weighted by Crippen LogP contribution is -2.30. The van der Waals surface area contributed by atoms with Crippen LogP contribution < -0.4 is 4.90 Å². The fraction of sp³-hybridized carbons (Fsp3) is 0.471. The van der Waals surface area contributed by atoms with Crippen LogP contribution in [0, 0.1) is 20.8 Å². The first-order valence-corrected chi connectivity index (χ1v) is 9.58. The van der Waals surface area contributed by atoms with Crippen molar-refractivity contribution in [2.45, 2.75) is 56.7 Å². The monoisotopic (exact) mass is 347 g/mol. The first-order chi connectivity index (χ1) is 11.0. The third-order valence-corrected chi connectivity index (χ3v) is 6.12. The molecule has 1 saturated carbocycles. The van der Waals surface area contributed by atoms with E-state index >= 15 is 0 Å². The summed E-state index contributed by atoms with van der Waals surface area (Å²) in [6.45, 7) is 8.05. The molecule has 0 unspecified atom stereocenters. The minimum atomic E-state index is 0.0606. The largest absolute Gasteiger partial charge is 0.284 e. The number of aryl methyl sites for hydroxylation is 3. The van der Waals surface area contributed by atoms with Crippen molar-refractivity contribution in [2.24, 2.45) is 0 Å². The minimum Gasteiger partial charge on any atom is -0.284 e. The van der Waals surface area contributed by atoms with Gasteiger partial charge in [0.1, 0.15) is 0 Å². The van der Waals surface area contributed by atoms with Gasteiger partial charge in [-0.2, -0.15) is 0 Å². The summed E-state index contributed by atoms with van der Waals surface area (Å²) in [6.07, 6.45) is 2.15. The maximum atomic E-state index is 11.8. The summed E-state index contributed by atoms with van der Waals surface area (Å²) >= 11 is 3.21. The molecule has 0 saturated heterocycles. The lowest BCUT2D eigenvalue weighted by molar-refractivity contribution is -0.116. The van der Waals surface area contributed by atoms with Gasteiger partial charge in [-0.1, -0.05) is 40.8 Å². The fourth-order valence-corrected chi connectivity index (χ4v) is 4.96. The third kappa shape index (κ3) is 3.75. The van der Waals surface area contributed by atoms with E-state index < -0.39 is 0 Å². The fourth-order valence-electron chi connectivity index (χ4n) is 2.81. The Labute approximate surface area is 145 Å². The number of aromatic nitrogens is 2. The summed E-state index contributed by atoms with van der Waals surface area (Å²) in [5.41, 5.74) is 5.31. The molecule has 1 amide bonds. The smallest absolute Gasteiger partial charge is 0.225 e. The van der Waals surface area contributed by atoms with Crippen molar-refractivity contribution >= 4 is 34.1 Å². The first kappa shape index (κ1) is 16.5. The molecule has 23 heavy (non-hydrogen) atoms. The molecule has 0 spiro atoms. The Balaban J connectivity index is 1.71. The van der Waals surface area contributed by atoms with Crippen LogP contribution in [0.25, 0.3) is 0 Å². The highest BCUT2D eigenvalue weighted by Crippen LogP contribution is 2.37. The Hall–Kier alpha value is -1.40. The maximum absolute atomic E-state index is 11.8. The van der Waals surface area contributed by atoms with Gasteiger partial charge in [-0.25, -0.2) is 0 Å². The molecule has 1 aliphatic carbocycles. The number of amides is 1. The molecule has 122 valence electrons. The summed E-state index contributed by atoms with van der Waals surface area (Å²) < 4.78 is 0.922. The number of anilines is 1. The predicted octanol–water partition coefficient (Wildman–Crippen LogP) is 4.27. The molecule has 6 heteroatoms.